The first-order valence-corrected chi connectivity index (χ1v) is 10.0. The summed E-state index contributed by atoms with van der Waals surface area (Å²) in [6.07, 6.45) is 3.30. The van der Waals surface area contributed by atoms with E-state index in [0.717, 1.165) is 31.2 Å². The van der Waals surface area contributed by atoms with E-state index >= 15 is 0 Å². The minimum absolute atomic E-state index is 0.000448. The first-order valence-electron chi connectivity index (χ1n) is 8.89. The Morgan fingerprint density at radius 1 is 1.00 bits per heavy atom. The van der Waals surface area contributed by atoms with Crippen LogP contribution in [0.15, 0.2) is 23.0 Å². The smallest absolute Gasteiger partial charge is 0.330 e. The molecule has 3 rings (SSSR count). The number of nitrogens with zero attached hydrogens (tertiary/aromatic N) is 4. The lowest BCUT2D eigenvalue weighted by Gasteiger charge is -2.05. The van der Waals surface area contributed by atoms with E-state index in [-0.39, 0.29) is 29.9 Å². The van der Waals surface area contributed by atoms with Gasteiger partial charge in [0.1, 0.15) is 5.52 Å². The third-order valence-corrected chi connectivity index (χ3v) is 5.44. The van der Waals surface area contributed by atoms with E-state index in [0.29, 0.717) is 27.8 Å². The van der Waals surface area contributed by atoms with Crippen LogP contribution in [0.25, 0.3) is 11.2 Å². The molecule has 0 saturated heterocycles. The Balaban J connectivity index is 2.00. The van der Waals surface area contributed by atoms with Crippen molar-refractivity contribution >= 4 is 51.9 Å². The summed E-state index contributed by atoms with van der Waals surface area (Å²) in [7, 11) is 0. The van der Waals surface area contributed by atoms with Gasteiger partial charge in [0.25, 0.3) is 0 Å². The van der Waals surface area contributed by atoms with Gasteiger partial charge in [0.2, 0.25) is 5.95 Å². The summed E-state index contributed by atoms with van der Waals surface area (Å²) >= 11 is 18.4. The molecule has 28 heavy (non-hydrogen) atoms. The van der Waals surface area contributed by atoms with Crippen LogP contribution in [-0.2, 0) is 13.1 Å². The van der Waals surface area contributed by atoms with Crippen molar-refractivity contribution in [2.75, 3.05) is 12.3 Å². The molecule has 2 aromatic heterocycles. The number of aliphatic hydroxyl groups is 1. The second-order valence-corrected chi connectivity index (χ2v) is 7.62. The molecule has 7 nitrogen and oxygen atoms in total. The lowest BCUT2D eigenvalue weighted by Crippen LogP contribution is -2.25. The average molecular weight is 445 g/mol. The molecule has 150 valence electrons. The lowest BCUT2D eigenvalue weighted by atomic mass is 10.2. The minimum Gasteiger partial charge on any atom is -0.396 e. The maximum absolute atomic E-state index is 13.1. The molecule has 0 spiro atoms. The van der Waals surface area contributed by atoms with E-state index in [1.165, 1.54) is 4.57 Å². The van der Waals surface area contributed by atoms with Crippen LogP contribution in [0.3, 0.4) is 0 Å². The molecule has 10 heteroatoms. The van der Waals surface area contributed by atoms with E-state index < -0.39 is 0 Å². The molecular formula is C18H20Cl3N5O2. The van der Waals surface area contributed by atoms with E-state index in [2.05, 4.69) is 9.97 Å². The zero-order valence-corrected chi connectivity index (χ0v) is 17.3. The van der Waals surface area contributed by atoms with Gasteiger partial charge in [0.05, 0.1) is 16.6 Å². The van der Waals surface area contributed by atoms with E-state index in [9.17, 15) is 4.79 Å². The second kappa shape index (κ2) is 9.13. The Bertz CT molecular complexity index is 1050. The number of imidazole rings is 1. The molecule has 3 aromatic rings. The summed E-state index contributed by atoms with van der Waals surface area (Å²) in [6.45, 7) is 0.889. The number of nitrogen functional groups attached to an aromatic ring is 1. The van der Waals surface area contributed by atoms with Crippen molar-refractivity contribution < 1.29 is 5.11 Å². The van der Waals surface area contributed by atoms with Gasteiger partial charge in [-0.1, -0.05) is 53.7 Å². The number of nitrogens with two attached hydrogens (primary N) is 1. The maximum atomic E-state index is 13.1. The predicted octanol–water partition coefficient (Wildman–Crippen LogP) is 3.74. The number of hydrogen-bond acceptors (Lipinski definition) is 5. The van der Waals surface area contributed by atoms with Crippen LogP contribution in [-0.4, -0.2) is 30.8 Å². The number of halogens is 3. The monoisotopic (exact) mass is 443 g/mol. The van der Waals surface area contributed by atoms with Crippen LogP contribution >= 0.6 is 34.8 Å². The van der Waals surface area contributed by atoms with Gasteiger partial charge in [-0.3, -0.25) is 9.13 Å². The molecular weight excluding hydrogens is 425 g/mol. The molecule has 0 saturated carbocycles. The molecule has 0 aliphatic carbocycles. The van der Waals surface area contributed by atoms with Crippen LogP contribution in [0.2, 0.25) is 15.2 Å². The topological polar surface area (TPSA) is 99.0 Å². The van der Waals surface area contributed by atoms with Crippen molar-refractivity contribution in [3.63, 3.8) is 0 Å². The number of anilines is 1. The average Bonchev–Trinajstić information content (AvgIpc) is 2.90. The van der Waals surface area contributed by atoms with Gasteiger partial charge < -0.3 is 10.8 Å². The molecule has 3 N–H and O–H groups in total. The zero-order chi connectivity index (χ0) is 20.3. The number of unbranched alkanes of at least 4 members (excludes halogenated alkanes) is 3. The molecule has 0 aliphatic rings. The molecule has 2 heterocycles. The van der Waals surface area contributed by atoms with Gasteiger partial charge in [-0.05, 0) is 30.5 Å². The molecule has 0 radical (unpaired) electrons. The highest BCUT2D eigenvalue weighted by Crippen LogP contribution is 2.25. The van der Waals surface area contributed by atoms with Gasteiger partial charge in [-0.2, -0.15) is 9.97 Å². The van der Waals surface area contributed by atoms with E-state index in [1.54, 1.807) is 22.8 Å². The molecule has 0 bridgehead atoms. The minimum atomic E-state index is -0.245. The van der Waals surface area contributed by atoms with Crippen molar-refractivity contribution in [1.82, 2.24) is 19.1 Å². The van der Waals surface area contributed by atoms with E-state index in [4.69, 9.17) is 45.6 Å². The zero-order valence-electron chi connectivity index (χ0n) is 15.0. The standard InChI is InChI=1S/C18H20Cl3N5O2/c19-12-6-5-11(9-13(12)20)10-26-16-14(15(21)23-17(22)24-16)25(18(26)28)7-3-1-2-4-8-27/h5-6,9,27H,1-4,7-8,10H2,(H2,22,23,24). The molecule has 0 unspecified atom stereocenters. The maximum Gasteiger partial charge on any atom is 0.330 e. The van der Waals surface area contributed by atoms with Crippen molar-refractivity contribution in [3.8, 4) is 0 Å². The van der Waals surface area contributed by atoms with Gasteiger partial charge in [-0.25, -0.2) is 4.79 Å². The van der Waals surface area contributed by atoms with Crippen molar-refractivity contribution in [1.29, 1.82) is 0 Å². The van der Waals surface area contributed by atoms with Gasteiger partial charge in [0.15, 0.2) is 10.8 Å². The number of fused-ring (bicyclic) bond motifs is 1. The van der Waals surface area contributed by atoms with Crippen molar-refractivity contribution in [3.05, 3.63) is 49.4 Å². The fraction of sp³-hybridized carbons (Fsp3) is 0.389. The van der Waals surface area contributed by atoms with Crippen LogP contribution in [0.5, 0.6) is 0 Å². The first-order chi connectivity index (χ1) is 13.4. The third kappa shape index (κ3) is 4.43. The number of aromatic nitrogens is 4. The lowest BCUT2D eigenvalue weighted by molar-refractivity contribution is 0.282. The fourth-order valence-electron chi connectivity index (χ4n) is 3.09. The summed E-state index contributed by atoms with van der Waals surface area (Å²) in [4.78, 5) is 21.3. The second-order valence-electron chi connectivity index (χ2n) is 6.45. The number of aryl methyl sites for hydroxylation is 1. The van der Waals surface area contributed by atoms with Crippen molar-refractivity contribution in [2.45, 2.75) is 38.8 Å². The highest BCUT2D eigenvalue weighted by molar-refractivity contribution is 6.42. The van der Waals surface area contributed by atoms with E-state index in [1.807, 2.05) is 0 Å². The normalized spacial score (nSPS) is 11.4. The van der Waals surface area contributed by atoms with Crippen LogP contribution in [0, 0.1) is 0 Å². The summed E-state index contributed by atoms with van der Waals surface area (Å²) in [5.74, 6) is 0.000448. The predicted molar refractivity (Wildman–Crippen MR) is 112 cm³/mol. The Hall–Kier alpha value is -1.80. The molecule has 0 fully saturated rings. The number of hydrogen-bond donors (Lipinski definition) is 2. The van der Waals surface area contributed by atoms with Crippen molar-refractivity contribution in [2.24, 2.45) is 0 Å². The molecule has 0 atom stereocenters. The van der Waals surface area contributed by atoms with Crippen LogP contribution < -0.4 is 11.4 Å². The third-order valence-electron chi connectivity index (χ3n) is 4.44. The quantitative estimate of drug-likeness (QED) is 0.407. The fourth-order valence-corrected chi connectivity index (χ4v) is 3.68. The van der Waals surface area contributed by atoms with Gasteiger partial charge in [0, 0.05) is 13.2 Å². The summed E-state index contributed by atoms with van der Waals surface area (Å²) < 4.78 is 3.08. The highest BCUT2D eigenvalue weighted by atomic mass is 35.5. The van der Waals surface area contributed by atoms with Gasteiger partial charge in [-0.15, -0.1) is 0 Å². The Labute approximate surface area is 176 Å². The van der Waals surface area contributed by atoms with Crippen LogP contribution in [0.1, 0.15) is 31.2 Å². The number of aliphatic hydroxyl groups excluding tert-OH is 1. The highest BCUT2D eigenvalue weighted by Gasteiger charge is 2.19. The van der Waals surface area contributed by atoms with Crippen LogP contribution in [0.4, 0.5) is 5.95 Å². The Morgan fingerprint density at radius 3 is 2.46 bits per heavy atom. The first kappa shape index (κ1) is 20.9. The largest absolute Gasteiger partial charge is 0.396 e. The number of rotatable bonds is 8. The molecule has 0 aliphatic heterocycles. The number of benzene rings is 1. The summed E-state index contributed by atoms with van der Waals surface area (Å²) in [5, 5.41) is 9.88. The SMILES string of the molecule is Nc1nc(Cl)c2c(n1)n(Cc1ccc(Cl)c(Cl)c1)c(=O)n2CCCCCCO. The Kier molecular flexibility index (Phi) is 6.82. The van der Waals surface area contributed by atoms with Gasteiger partial charge >= 0.3 is 5.69 Å². The molecule has 0 amide bonds. The molecule has 1 aromatic carbocycles. The summed E-state index contributed by atoms with van der Waals surface area (Å²) in [5.41, 5.74) is 7.14. The Morgan fingerprint density at radius 2 is 1.75 bits per heavy atom. The summed E-state index contributed by atoms with van der Waals surface area (Å²) in [6, 6.07) is 5.19.